The van der Waals surface area contributed by atoms with E-state index in [1.54, 1.807) is 55.2 Å². The van der Waals surface area contributed by atoms with Crippen molar-refractivity contribution in [2.45, 2.75) is 17.5 Å². The Morgan fingerprint density at radius 1 is 1.16 bits per heavy atom. The molecule has 2 aromatic carbocycles. The summed E-state index contributed by atoms with van der Waals surface area (Å²) in [4.78, 5) is 22.0. The first-order chi connectivity index (χ1) is 15.5. The molecule has 0 unspecified atom stereocenters. The molecule has 8 nitrogen and oxygen atoms in total. The van der Waals surface area contributed by atoms with Crippen molar-refractivity contribution in [3.05, 3.63) is 70.3 Å². The van der Waals surface area contributed by atoms with Gasteiger partial charge in [-0.25, -0.2) is 4.98 Å². The van der Waals surface area contributed by atoms with Crippen LogP contribution >= 0.6 is 23.4 Å². The van der Waals surface area contributed by atoms with Gasteiger partial charge in [0.05, 0.1) is 30.9 Å². The molecule has 4 rings (SSSR count). The maximum atomic E-state index is 12.9. The van der Waals surface area contributed by atoms with E-state index in [4.69, 9.17) is 25.6 Å². The molecule has 4 aromatic rings. The van der Waals surface area contributed by atoms with Crippen molar-refractivity contribution in [1.82, 2.24) is 19.7 Å². The fraction of sp³-hybridized carbons (Fsp3) is 0.182. The highest BCUT2D eigenvalue weighted by atomic mass is 35.5. The van der Waals surface area contributed by atoms with Crippen LogP contribution in [-0.2, 0) is 12.3 Å². The molecule has 0 aliphatic rings. The van der Waals surface area contributed by atoms with E-state index in [0.717, 1.165) is 5.56 Å². The van der Waals surface area contributed by atoms with Crippen LogP contribution in [0.1, 0.15) is 5.89 Å². The molecule has 0 aliphatic heterocycles. The van der Waals surface area contributed by atoms with Crippen molar-refractivity contribution in [2.24, 2.45) is 0 Å². The van der Waals surface area contributed by atoms with Gasteiger partial charge in [0.2, 0.25) is 11.7 Å². The van der Waals surface area contributed by atoms with Gasteiger partial charge in [0, 0.05) is 17.1 Å². The van der Waals surface area contributed by atoms with Crippen molar-refractivity contribution < 1.29 is 14.0 Å². The highest BCUT2D eigenvalue weighted by Gasteiger charge is 2.15. The fourth-order valence-electron chi connectivity index (χ4n) is 3.11. The molecular weight excluding hydrogens is 452 g/mol. The van der Waals surface area contributed by atoms with Crippen LogP contribution in [0.25, 0.3) is 22.3 Å². The number of rotatable bonds is 8. The van der Waals surface area contributed by atoms with E-state index < -0.39 is 0 Å². The van der Waals surface area contributed by atoms with Crippen molar-refractivity contribution in [3.63, 3.8) is 0 Å². The zero-order chi connectivity index (χ0) is 22.7. The maximum Gasteiger partial charge on any atom is 0.262 e. The molecule has 0 aliphatic carbocycles. The summed E-state index contributed by atoms with van der Waals surface area (Å²) in [5.74, 6) is 2.32. The minimum atomic E-state index is -0.161. The van der Waals surface area contributed by atoms with Gasteiger partial charge in [-0.15, -0.1) is 6.58 Å². The van der Waals surface area contributed by atoms with Gasteiger partial charge < -0.3 is 14.0 Å². The molecule has 0 spiro atoms. The second-order valence-corrected chi connectivity index (χ2v) is 8.01. The molecule has 2 heterocycles. The molecule has 0 saturated carbocycles. The molecule has 2 aromatic heterocycles. The van der Waals surface area contributed by atoms with Crippen molar-refractivity contribution in [2.75, 3.05) is 14.2 Å². The van der Waals surface area contributed by atoms with Gasteiger partial charge in [0.25, 0.3) is 5.56 Å². The highest BCUT2D eigenvalue weighted by molar-refractivity contribution is 7.98. The summed E-state index contributed by atoms with van der Waals surface area (Å²) in [7, 11) is 3.13. The molecule has 0 amide bonds. The van der Waals surface area contributed by atoms with Crippen LogP contribution < -0.4 is 15.0 Å². The Bertz CT molecular complexity index is 1350. The van der Waals surface area contributed by atoms with E-state index in [2.05, 4.69) is 21.7 Å². The summed E-state index contributed by atoms with van der Waals surface area (Å²) in [5.41, 5.74) is 1.09. The first kappa shape index (κ1) is 21.9. The van der Waals surface area contributed by atoms with Crippen molar-refractivity contribution >= 4 is 34.3 Å². The van der Waals surface area contributed by atoms with E-state index in [9.17, 15) is 4.79 Å². The normalized spacial score (nSPS) is 11.0. The van der Waals surface area contributed by atoms with Gasteiger partial charge in [-0.3, -0.25) is 9.36 Å². The van der Waals surface area contributed by atoms with Crippen LogP contribution in [-0.4, -0.2) is 33.9 Å². The molecule has 164 valence electrons. The number of methoxy groups -OCH3 is 2. The third kappa shape index (κ3) is 4.35. The number of hydrogen-bond acceptors (Lipinski definition) is 8. The quantitative estimate of drug-likeness (QED) is 0.209. The lowest BCUT2D eigenvalue weighted by molar-refractivity contribution is 0.355. The Morgan fingerprint density at radius 2 is 1.97 bits per heavy atom. The minimum absolute atomic E-state index is 0.161. The van der Waals surface area contributed by atoms with Crippen LogP contribution in [0, 0.1) is 0 Å². The molecule has 32 heavy (non-hydrogen) atoms. The summed E-state index contributed by atoms with van der Waals surface area (Å²) in [6.07, 6.45) is 1.65. The topological polar surface area (TPSA) is 92.3 Å². The number of ether oxygens (including phenoxy) is 2. The standard InChI is InChI=1S/C22H19ClN4O4S/c1-4-9-27-21(28)15-7-6-14(23)11-16(15)24-22(27)32-12-19-25-20(26-31-19)13-5-8-17(29-2)18(10-13)30-3/h4-8,10-11H,1,9,12H2,2-3H3. The molecule has 10 heteroatoms. The van der Waals surface area contributed by atoms with Crippen LogP contribution in [0.15, 0.2) is 63.5 Å². The largest absolute Gasteiger partial charge is 0.493 e. The molecule has 0 N–H and O–H groups in total. The molecule has 0 bridgehead atoms. The van der Waals surface area contributed by atoms with Gasteiger partial charge in [0.15, 0.2) is 16.7 Å². The zero-order valence-corrected chi connectivity index (χ0v) is 18.9. The first-order valence-electron chi connectivity index (χ1n) is 9.52. The molecule has 0 fully saturated rings. The fourth-order valence-corrected chi connectivity index (χ4v) is 4.12. The van der Waals surface area contributed by atoms with Crippen LogP contribution in [0.5, 0.6) is 11.5 Å². The third-order valence-electron chi connectivity index (χ3n) is 4.63. The van der Waals surface area contributed by atoms with Crippen molar-refractivity contribution in [1.29, 1.82) is 0 Å². The van der Waals surface area contributed by atoms with Crippen LogP contribution in [0.2, 0.25) is 5.02 Å². The second kappa shape index (κ2) is 9.46. The maximum absolute atomic E-state index is 12.9. The van der Waals surface area contributed by atoms with E-state index in [1.165, 1.54) is 11.8 Å². The Morgan fingerprint density at radius 3 is 2.72 bits per heavy atom. The SMILES string of the molecule is C=CCn1c(SCc2nc(-c3ccc(OC)c(OC)c3)no2)nc2cc(Cl)ccc2c1=O. The van der Waals surface area contributed by atoms with E-state index >= 15 is 0 Å². The van der Waals surface area contributed by atoms with Gasteiger partial charge >= 0.3 is 0 Å². The summed E-state index contributed by atoms with van der Waals surface area (Å²) < 4.78 is 17.5. The average Bonchev–Trinajstić information content (AvgIpc) is 3.28. The summed E-state index contributed by atoms with van der Waals surface area (Å²) in [5, 5.41) is 5.57. The summed E-state index contributed by atoms with van der Waals surface area (Å²) in [6, 6.07) is 10.4. The highest BCUT2D eigenvalue weighted by Crippen LogP contribution is 2.31. The Labute approximate surface area is 192 Å². The minimum Gasteiger partial charge on any atom is -0.493 e. The number of allylic oxidation sites excluding steroid dienone is 1. The van der Waals surface area contributed by atoms with E-state index in [-0.39, 0.29) is 5.56 Å². The second-order valence-electron chi connectivity index (χ2n) is 6.63. The van der Waals surface area contributed by atoms with E-state index in [0.29, 0.717) is 56.6 Å². The van der Waals surface area contributed by atoms with Gasteiger partial charge in [-0.2, -0.15) is 4.98 Å². The van der Waals surface area contributed by atoms with Crippen LogP contribution in [0.3, 0.4) is 0 Å². The van der Waals surface area contributed by atoms with Crippen LogP contribution in [0.4, 0.5) is 0 Å². The Kier molecular flexibility index (Phi) is 6.48. The van der Waals surface area contributed by atoms with Gasteiger partial charge in [-0.05, 0) is 36.4 Å². The lowest BCUT2D eigenvalue weighted by atomic mass is 10.2. The zero-order valence-electron chi connectivity index (χ0n) is 17.4. The number of fused-ring (bicyclic) bond motifs is 1. The lowest BCUT2D eigenvalue weighted by Gasteiger charge is -2.10. The number of halogens is 1. The van der Waals surface area contributed by atoms with Crippen molar-refractivity contribution in [3.8, 4) is 22.9 Å². The molecule has 0 atom stereocenters. The van der Waals surface area contributed by atoms with E-state index in [1.807, 2.05) is 6.07 Å². The number of benzene rings is 2. The number of hydrogen-bond donors (Lipinski definition) is 0. The number of nitrogens with zero attached hydrogens (tertiary/aromatic N) is 4. The molecular formula is C22H19ClN4O4S. The number of aromatic nitrogens is 4. The summed E-state index contributed by atoms with van der Waals surface area (Å²) >= 11 is 7.39. The third-order valence-corrected chi connectivity index (χ3v) is 5.82. The number of thioether (sulfide) groups is 1. The lowest BCUT2D eigenvalue weighted by Crippen LogP contribution is -2.22. The Balaban J connectivity index is 1.61. The monoisotopic (exact) mass is 470 g/mol. The molecule has 0 radical (unpaired) electrons. The molecule has 0 saturated heterocycles. The average molecular weight is 471 g/mol. The smallest absolute Gasteiger partial charge is 0.262 e. The predicted octanol–water partition coefficient (Wildman–Crippen LogP) is 4.60. The Hall–Kier alpha value is -3.30. The predicted molar refractivity (Wildman–Crippen MR) is 124 cm³/mol. The van der Waals surface area contributed by atoms with Gasteiger partial charge in [-0.1, -0.05) is 34.6 Å². The summed E-state index contributed by atoms with van der Waals surface area (Å²) in [6.45, 7) is 4.06. The van der Waals surface area contributed by atoms with Gasteiger partial charge in [0.1, 0.15) is 0 Å². The first-order valence-corrected chi connectivity index (χ1v) is 10.9.